The lowest BCUT2D eigenvalue weighted by atomic mass is 10.1. The molecule has 102 valence electrons. The smallest absolute Gasteiger partial charge is 0.275 e. The van der Waals surface area contributed by atoms with E-state index >= 15 is 0 Å². The van der Waals surface area contributed by atoms with Gasteiger partial charge in [-0.3, -0.25) is 9.78 Å². The summed E-state index contributed by atoms with van der Waals surface area (Å²) in [5.41, 5.74) is 2.11. The monoisotopic (exact) mass is 280 g/mol. The van der Waals surface area contributed by atoms with E-state index in [0.29, 0.717) is 10.7 Å². The molecule has 2 atom stereocenters. The van der Waals surface area contributed by atoms with E-state index in [9.17, 15) is 9.90 Å². The van der Waals surface area contributed by atoms with Crippen molar-refractivity contribution in [1.82, 2.24) is 20.3 Å². The van der Waals surface area contributed by atoms with E-state index in [-0.39, 0.29) is 24.2 Å². The van der Waals surface area contributed by atoms with Crippen molar-refractivity contribution in [3.8, 4) is 0 Å². The lowest BCUT2D eigenvalue weighted by Crippen LogP contribution is -2.27. The van der Waals surface area contributed by atoms with Gasteiger partial charge < -0.3 is 15.4 Å². The van der Waals surface area contributed by atoms with E-state index in [4.69, 9.17) is 0 Å². The van der Waals surface area contributed by atoms with Gasteiger partial charge in [0, 0.05) is 23.8 Å². The molecule has 0 saturated carbocycles. The fraction of sp³-hybridized carbons (Fsp3) is 0.500. The van der Waals surface area contributed by atoms with Crippen LogP contribution in [0.15, 0.2) is 16.1 Å². The zero-order valence-corrected chi connectivity index (χ0v) is 11.4. The number of nitrogens with zero attached hydrogens (tertiary/aromatic N) is 1. The number of hydrogen-bond acceptors (Lipinski definition) is 5. The molecule has 0 aliphatic carbocycles. The number of H-pyrrole nitrogens is 2. The topological polar surface area (TPSA) is 93.8 Å². The Balaban J connectivity index is 2.05. The second-order valence-corrected chi connectivity index (χ2v) is 5.51. The average Bonchev–Trinajstić information content (AvgIpc) is 3.04. The van der Waals surface area contributed by atoms with Crippen LogP contribution >= 0.6 is 11.8 Å². The predicted molar refractivity (Wildman–Crippen MR) is 74.5 cm³/mol. The van der Waals surface area contributed by atoms with Crippen molar-refractivity contribution in [3.05, 3.63) is 22.1 Å². The molecule has 1 saturated heterocycles. The van der Waals surface area contributed by atoms with E-state index < -0.39 is 0 Å². The van der Waals surface area contributed by atoms with Crippen molar-refractivity contribution in [2.45, 2.75) is 30.1 Å². The van der Waals surface area contributed by atoms with E-state index in [0.717, 1.165) is 23.9 Å². The van der Waals surface area contributed by atoms with Gasteiger partial charge in [0.05, 0.1) is 6.61 Å². The molecule has 2 aromatic heterocycles. The highest BCUT2D eigenvalue weighted by molar-refractivity contribution is 7.98. The summed E-state index contributed by atoms with van der Waals surface area (Å²) in [6, 6.07) is 0.284. The highest BCUT2D eigenvalue weighted by Gasteiger charge is 2.27. The molecule has 4 N–H and O–H groups in total. The number of rotatable bonds is 3. The first kappa shape index (κ1) is 12.7. The van der Waals surface area contributed by atoms with Crippen molar-refractivity contribution in [3.63, 3.8) is 0 Å². The van der Waals surface area contributed by atoms with Crippen LogP contribution in [0.3, 0.4) is 0 Å². The molecule has 1 fully saturated rings. The number of aliphatic hydroxyl groups is 1. The van der Waals surface area contributed by atoms with Crippen LogP contribution in [0.4, 0.5) is 0 Å². The SMILES string of the molecule is CSc1nc2c(C3CCC(CO)N3)c[nH]c2c(=O)[nH]1. The molecule has 7 heteroatoms. The Labute approximate surface area is 114 Å². The maximum absolute atomic E-state index is 11.9. The molecular weight excluding hydrogens is 264 g/mol. The number of hydrogen-bond donors (Lipinski definition) is 4. The number of thioether (sulfide) groups is 1. The summed E-state index contributed by atoms with van der Waals surface area (Å²) in [5.74, 6) is 0. The molecule has 3 heterocycles. The van der Waals surface area contributed by atoms with Gasteiger partial charge in [-0.2, -0.15) is 0 Å². The number of aliphatic hydroxyl groups excluding tert-OH is 1. The lowest BCUT2D eigenvalue weighted by Gasteiger charge is -2.11. The minimum absolute atomic E-state index is 0.136. The van der Waals surface area contributed by atoms with Crippen LogP contribution in [0.5, 0.6) is 0 Å². The summed E-state index contributed by atoms with van der Waals surface area (Å²) < 4.78 is 0. The van der Waals surface area contributed by atoms with Gasteiger partial charge in [-0.1, -0.05) is 11.8 Å². The van der Waals surface area contributed by atoms with Crippen molar-refractivity contribution < 1.29 is 5.11 Å². The summed E-state index contributed by atoms with van der Waals surface area (Å²) in [6.45, 7) is 0.142. The molecule has 0 bridgehead atoms. The predicted octanol–water partition coefficient (Wildman–Crippen LogP) is 0.758. The molecule has 2 aromatic rings. The molecule has 0 radical (unpaired) electrons. The average molecular weight is 280 g/mol. The van der Waals surface area contributed by atoms with Crippen molar-refractivity contribution >= 4 is 22.8 Å². The minimum Gasteiger partial charge on any atom is -0.395 e. The van der Waals surface area contributed by atoms with Gasteiger partial charge in [0.2, 0.25) is 0 Å². The largest absolute Gasteiger partial charge is 0.395 e. The second-order valence-electron chi connectivity index (χ2n) is 4.72. The van der Waals surface area contributed by atoms with Crippen LogP contribution in [-0.4, -0.2) is 39.0 Å². The standard InChI is InChI=1S/C12H16N4O2S/c1-19-12-15-9-7(4-13-10(9)11(18)16-12)8-3-2-6(5-17)14-8/h4,6,8,13-14,17H,2-3,5H2,1H3,(H,15,16,18). The number of aromatic nitrogens is 3. The highest BCUT2D eigenvalue weighted by atomic mass is 32.2. The Bertz CT molecular complexity index is 651. The van der Waals surface area contributed by atoms with Crippen LogP contribution in [0.2, 0.25) is 0 Å². The Morgan fingerprint density at radius 2 is 2.37 bits per heavy atom. The Hall–Kier alpha value is -1.31. The third kappa shape index (κ3) is 2.18. The maximum Gasteiger partial charge on any atom is 0.275 e. The molecule has 3 rings (SSSR count). The van der Waals surface area contributed by atoms with Crippen LogP contribution in [0, 0.1) is 0 Å². The van der Waals surface area contributed by atoms with Gasteiger partial charge in [0.1, 0.15) is 11.0 Å². The van der Waals surface area contributed by atoms with Gasteiger partial charge in [0.25, 0.3) is 5.56 Å². The van der Waals surface area contributed by atoms with Gasteiger partial charge >= 0.3 is 0 Å². The van der Waals surface area contributed by atoms with Gasteiger partial charge in [-0.05, 0) is 19.1 Å². The van der Waals surface area contributed by atoms with Crippen LogP contribution in [0.1, 0.15) is 24.4 Å². The maximum atomic E-state index is 11.9. The molecular formula is C12H16N4O2S. The molecule has 0 aromatic carbocycles. The van der Waals surface area contributed by atoms with Gasteiger partial charge in [-0.15, -0.1) is 0 Å². The number of aromatic amines is 2. The molecule has 0 amide bonds. The number of fused-ring (bicyclic) bond motifs is 1. The summed E-state index contributed by atoms with van der Waals surface area (Å²) in [6.07, 6.45) is 5.61. The number of nitrogens with one attached hydrogen (secondary N) is 3. The summed E-state index contributed by atoms with van der Waals surface area (Å²) in [4.78, 5) is 22.1. The first-order valence-corrected chi connectivity index (χ1v) is 7.47. The first-order valence-electron chi connectivity index (χ1n) is 6.25. The fourth-order valence-electron chi connectivity index (χ4n) is 2.58. The van der Waals surface area contributed by atoms with E-state index in [1.807, 2.05) is 12.5 Å². The summed E-state index contributed by atoms with van der Waals surface area (Å²) >= 11 is 1.42. The van der Waals surface area contributed by atoms with E-state index in [1.54, 1.807) is 0 Å². The molecule has 1 aliphatic heterocycles. The first-order chi connectivity index (χ1) is 9.22. The Kier molecular flexibility index (Phi) is 3.34. The fourth-order valence-corrected chi connectivity index (χ4v) is 2.96. The molecule has 2 unspecified atom stereocenters. The highest BCUT2D eigenvalue weighted by Crippen LogP contribution is 2.30. The molecule has 0 spiro atoms. The van der Waals surface area contributed by atoms with E-state index in [2.05, 4.69) is 20.3 Å². The third-order valence-electron chi connectivity index (χ3n) is 3.57. The Morgan fingerprint density at radius 1 is 1.53 bits per heavy atom. The van der Waals surface area contributed by atoms with E-state index in [1.165, 1.54) is 11.8 Å². The quantitative estimate of drug-likeness (QED) is 0.492. The summed E-state index contributed by atoms with van der Waals surface area (Å²) in [7, 11) is 0. The van der Waals surface area contributed by atoms with Gasteiger partial charge in [-0.25, -0.2) is 4.98 Å². The minimum atomic E-state index is -0.141. The molecule has 19 heavy (non-hydrogen) atoms. The van der Waals surface area contributed by atoms with Crippen LogP contribution in [0.25, 0.3) is 11.0 Å². The second kappa shape index (κ2) is 4.99. The molecule has 1 aliphatic rings. The van der Waals surface area contributed by atoms with Crippen molar-refractivity contribution in [1.29, 1.82) is 0 Å². The van der Waals surface area contributed by atoms with Crippen molar-refractivity contribution in [2.24, 2.45) is 0 Å². The lowest BCUT2D eigenvalue weighted by molar-refractivity contribution is 0.252. The van der Waals surface area contributed by atoms with Crippen LogP contribution in [-0.2, 0) is 0 Å². The zero-order valence-electron chi connectivity index (χ0n) is 10.6. The van der Waals surface area contributed by atoms with Crippen molar-refractivity contribution in [2.75, 3.05) is 12.9 Å². The summed E-state index contributed by atoms with van der Waals surface area (Å²) in [5, 5.41) is 13.2. The molecule has 6 nitrogen and oxygen atoms in total. The van der Waals surface area contributed by atoms with Gasteiger partial charge in [0.15, 0.2) is 5.16 Å². The van der Waals surface area contributed by atoms with Crippen LogP contribution < -0.4 is 10.9 Å². The normalized spacial score (nSPS) is 23.3. The zero-order chi connectivity index (χ0) is 13.4. The Morgan fingerprint density at radius 3 is 3.05 bits per heavy atom. The third-order valence-corrected chi connectivity index (χ3v) is 4.15.